The molecule has 33 heavy (non-hydrogen) atoms. The molecule has 1 N–H and O–H groups in total. The molecule has 3 saturated heterocycles. The van der Waals surface area contributed by atoms with E-state index in [0.29, 0.717) is 11.8 Å². The quantitative estimate of drug-likeness (QED) is 0.405. The minimum Gasteiger partial charge on any atom is -0.497 e. The van der Waals surface area contributed by atoms with Crippen molar-refractivity contribution >= 4 is 46.5 Å². The number of rotatable bonds is 4. The van der Waals surface area contributed by atoms with Crippen molar-refractivity contribution in [3.8, 4) is 5.75 Å². The lowest BCUT2D eigenvalue weighted by Crippen LogP contribution is -2.54. The maximum Gasteiger partial charge on any atom is 0.119 e. The summed E-state index contributed by atoms with van der Waals surface area (Å²) in [6.07, 6.45) is 5.62. The van der Waals surface area contributed by atoms with Crippen LogP contribution in [0.1, 0.15) is 24.5 Å². The highest BCUT2D eigenvalue weighted by Gasteiger charge is 2.42. The predicted molar refractivity (Wildman–Crippen MR) is 139 cm³/mol. The summed E-state index contributed by atoms with van der Waals surface area (Å²) >= 11 is 11.1. The molecule has 0 radical (unpaired) electrons. The van der Waals surface area contributed by atoms with Crippen LogP contribution in [0.5, 0.6) is 5.75 Å². The van der Waals surface area contributed by atoms with Gasteiger partial charge in [0.05, 0.1) is 18.7 Å². The number of pyridine rings is 1. The maximum absolute atomic E-state index is 11.2. The second kappa shape index (κ2) is 11.5. The molecule has 2 aromatic carbocycles. The van der Waals surface area contributed by atoms with Gasteiger partial charge in [0.1, 0.15) is 5.75 Å². The number of nitrogens with zero attached hydrogens (tertiary/aromatic N) is 2. The molecule has 2 bridgehead atoms. The standard InChI is InChI=1S/C20H24N2O2.C6H4Cl2.ClH/c1-3-13-12-22-9-7-14(13)10-19(22)20(23)16-6-8-21-18-5-4-15(24-2)11-17(16)18;7-5-1-2-6(8)4-3-5;/h3-6,8,11,13-14,19-20,23H,1,7,9-10,12H2,2H3;1-4H;1H/t13-,14?,19-,20+;;/m0../s1. The highest BCUT2D eigenvalue weighted by molar-refractivity contribution is 6.32. The lowest BCUT2D eigenvalue weighted by molar-refractivity contribution is -0.0444. The number of ether oxygens (including phenoxy) is 1. The summed E-state index contributed by atoms with van der Waals surface area (Å²) in [7, 11) is 1.66. The second-order valence-corrected chi connectivity index (χ2v) is 9.28. The number of aliphatic hydroxyl groups is 1. The highest BCUT2D eigenvalue weighted by Crippen LogP contribution is 2.42. The van der Waals surface area contributed by atoms with Gasteiger partial charge in [-0.1, -0.05) is 29.3 Å². The van der Waals surface area contributed by atoms with Crippen molar-refractivity contribution in [2.24, 2.45) is 11.8 Å². The molecule has 0 aliphatic carbocycles. The largest absolute Gasteiger partial charge is 0.497 e. The van der Waals surface area contributed by atoms with E-state index in [1.165, 1.54) is 6.42 Å². The number of methoxy groups -OCH3 is 1. The van der Waals surface area contributed by atoms with E-state index in [1.807, 2.05) is 24.3 Å². The molecule has 4 nitrogen and oxygen atoms in total. The van der Waals surface area contributed by atoms with E-state index >= 15 is 0 Å². The van der Waals surface area contributed by atoms with Gasteiger partial charge in [-0.05, 0) is 85.3 Å². The maximum atomic E-state index is 11.2. The van der Waals surface area contributed by atoms with Crippen LogP contribution in [0.25, 0.3) is 10.9 Å². The molecule has 0 saturated carbocycles. The fraction of sp³-hybridized carbons (Fsp3) is 0.346. The number of fused-ring (bicyclic) bond motifs is 4. The van der Waals surface area contributed by atoms with Gasteiger partial charge in [0.25, 0.3) is 0 Å². The predicted octanol–water partition coefficient (Wildman–Crippen LogP) is 6.59. The van der Waals surface area contributed by atoms with Crippen LogP contribution in [-0.2, 0) is 0 Å². The van der Waals surface area contributed by atoms with E-state index < -0.39 is 6.10 Å². The normalized spacial score (nSPS) is 24.2. The molecule has 176 valence electrons. The second-order valence-electron chi connectivity index (χ2n) is 8.41. The topological polar surface area (TPSA) is 45.6 Å². The van der Waals surface area contributed by atoms with Crippen LogP contribution in [0, 0.1) is 11.8 Å². The van der Waals surface area contributed by atoms with Gasteiger partial charge < -0.3 is 9.84 Å². The summed E-state index contributed by atoms with van der Waals surface area (Å²) in [5, 5.41) is 13.6. The zero-order valence-electron chi connectivity index (χ0n) is 18.5. The Hall–Kier alpha value is -1.82. The van der Waals surface area contributed by atoms with E-state index in [-0.39, 0.29) is 18.4 Å². The summed E-state index contributed by atoms with van der Waals surface area (Å²) in [5.74, 6) is 2.01. The van der Waals surface area contributed by atoms with Crippen molar-refractivity contribution < 1.29 is 9.84 Å². The van der Waals surface area contributed by atoms with Gasteiger partial charge in [-0.2, -0.15) is 0 Å². The monoisotopic (exact) mass is 506 g/mol. The van der Waals surface area contributed by atoms with E-state index in [0.717, 1.165) is 51.8 Å². The van der Waals surface area contributed by atoms with Crippen LogP contribution >= 0.6 is 35.6 Å². The summed E-state index contributed by atoms with van der Waals surface area (Å²) in [6.45, 7) is 6.07. The van der Waals surface area contributed by atoms with Crippen molar-refractivity contribution in [1.29, 1.82) is 0 Å². The molecule has 3 aromatic rings. The molecule has 2 unspecified atom stereocenters. The van der Waals surface area contributed by atoms with Gasteiger partial charge in [-0.25, -0.2) is 0 Å². The van der Waals surface area contributed by atoms with E-state index in [4.69, 9.17) is 27.9 Å². The van der Waals surface area contributed by atoms with Crippen LogP contribution in [0.15, 0.2) is 67.4 Å². The van der Waals surface area contributed by atoms with Gasteiger partial charge in [0, 0.05) is 34.2 Å². The average Bonchev–Trinajstić information content (AvgIpc) is 2.85. The number of halogens is 3. The fourth-order valence-corrected chi connectivity index (χ4v) is 5.13. The zero-order chi connectivity index (χ0) is 22.7. The Balaban J connectivity index is 0.000000290. The Morgan fingerprint density at radius 1 is 1.15 bits per heavy atom. The number of aromatic nitrogens is 1. The minimum absolute atomic E-state index is 0. The van der Waals surface area contributed by atoms with Crippen molar-refractivity contribution in [3.63, 3.8) is 0 Å². The van der Waals surface area contributed by atoms with E-state index in [9.17, 15) is 5.11 Å². The van der Waals surface area contributed by atoms with Crippen molar-refractivity contribution in [2.45, 2.75) is 25.0 Å². The molecule has 1 aromatic heterocycles. The third kappa shape index (κ3) is 5.82. The van der Waals surface area contributed by atoms with Crippen LogP contribution in [0.3, 0.4) is 0 Å². The number of benzene rings is 2. The van der Waals surface area contributed by atoms with Crippen LogP contribution in [0.2, 0.25) is 10.0 Å². The van der Waals surface area contributed by atoms with Gasteiger partial charge >= 0.3 is 0 Å². The molecular weight excluding hydrogens is 479 g/mol. The lowest BCUT2D eigenvalue weighted by Gasteiger charge is -2.50. The fourth-order valence-electron chi connectivity index (χ4n) is 4.87. The molecule has 3 aliphatic rings. The number of piperidine rings is 3. The summed E-state index contributed by atoms with van der Waals surface area (Å²) < 4.78 is 5.35. The Bertz CT molecular complexity index is 1060. The van der Waals surface area contributed by atoms with Crippen molar-refractivity contribution in [3.05, 3.63) is 83.0 Å². The van der Waals surface area contributed by atoms with E-state index in [2.05, 4.69) is 22.5 Å². The van der Waals surface area contributed by atoms with Crippen LogP contribution < -0.4 is 4.74 Å². The average molecular weight is 508 g/mol. The summed E-state index contributed by atoms with van der Waals surface area (Å²) in [6, 6.07) is 15.0. The molecule has 7 heteroatoms. The molecule has 0 amide bonds. The molecule has 3 fully saturated rings. The lowest BCUT2D eigenvalue weighted by atomic mass is 9.73. The number of hydrogen-bond acceptors (Lipinski definition) is 4. The van der Waals surface area contributed by atoms with Gasteiger partial charge in [-0.15, -0.1) is 19.0 Å². The highest BCUT2D eigenvalue weighted by atomic mass is 35.5. The first-order valence-corrected chi connectivity index (χ1v) is 11.6. The van der Waals surface area contributed by atoms with Gasteiger partial charge in [0.15, 0.2) is 0 Å². The first-order valence-electron chi connectivity index (χ1n) is 10.9. The molecule has 4 heterocycles. The van der Waals surface area contributed by atoms with Gasteiger partial charge in [0.2, 0.25) is 0 Å². The Kier molecular flexibility index (Phi) is 9.02. The summed E-state index contributed by atoms with van der Waals surface area (Å²) in [4.78, 5) is 6.86. The van der Waals surface area contributed by atoms with Crippen LogP contribution in [0.4, 0.5) is 0 Å². The molecular formula is C26H29Cl3N2O2. The smallest absolute Gasteiger partial charge is 0.119 e. The van der Waals surface area contributed by atoms with Crippen molar-refractivity contribution in [1.82, 2.24) is 9.88 Å². The van der Waals surface area contributed by atoms with E-state index in [1.54, 1.807) is 37.6 Å². The van der Waals surface area contributed by atoms with Crippen molar-refractivity contribution in [2.75, 3.05) is 20.2 Å². The number of hydrogen-bond donors (Lipinski definition) is 1. The Morgan fingerprint density at radius 2 is 1.85 bits per heavy atom. The third-order valence-corrected chi connectivity index (χ3v) is 7.13. The molecule has 6 rings (SSSR count). The Labute approximate surface area is 211 Å². The first-order chi connectivity index (χ1) is 15.5. The minimum atomic E-state index is -0.504. The SMILES string of the molecule is C=C[C@H]1CN2CCC1C[C@H]2[C@H](O)c1ccnc2ccc(OC)cc12.Cl.Clc1ccc(Cl)cc1. The third-order valence-electron chi connectivity index (χ3n) is 6.62. The zero-order valence-corrected chi connectivity index (χ0v) is 20.9. The number of aliphatic hydroxyl groups excluding tert-OH is 1. The first kappa shape index (κ1) is 25.8. The molecule has 5 atom stereocenters. The Morgan fingerprint density at radius 3 is 2.42 bits per heavy atom. The molecule has 0 spiro atoms. The van der Waals surface area contributed by atoms with Gasteiger partial charge in [-0.3, -0.25) is 9.88 Å². The summed E-state index contributed by atoms with van der Waals surface area (Å²) in [5.41, 5.74) is 1.85. The molecule has 3 aliphatic heterocycles. The van der Waals surface area contributed by atoms with Crippen LogP contribution in [-0.4, -0.2) is 41.2 Å².